The van der Waals surface area contributed by atoms with Gasteiger partial charge in [0, 0.05) is 5.56 Å². The van der Waals surface area contributed by atoms with Crippen LogP contribution in [0.5, 0.6) is 0 Å². The van der Waals surface area contributed by atoms with Crippen LogP contribution in [0.2, 0.25) is 0 Å². The Morgan fingerprint density at radius 3 is 2.19 bits per heavy atom. The molecule has 0 aliphatic heterocycles. The molecule has 2 atom stereocenters. The Morgan fingerprint density at radius 1 is 1.00 bits per heavy atom. The minimum atomic E-state index is -1.44. The molecule has 0 aliphatic carbocycles. The molecule has 0 aromatic heterocycles. The number of carbonyl (C=O) groups excluding carboxylic acids is 2. The van der Waals surface area contributed by atoms with Crippen molar-refractivity contribution in [3.8, 4) is 11.1 Å². The van der Waals surface area contributed by atoms with E-state index in [0.717, 1.165) is 16.7 Å². The number of carbonyl (C=O) groups is 3. The van der Waals surface area contributed by atoms with Crippen molar-refractivity contribution in [1.29, 1.82) is 0 Å². The van der Waals surface area contributed by atoms with Gasteiger partial charge in [-0.1, -0.05) is 42.5 Å². The number of carboxylic acids is 1. The van der Waals surface area contributed by atoms with Crippen LogP contribution in [0.1, 0.15) is 22.3 Å². The quantitative estimate of drug-likeness (QED) is 0.409. The third-order valence-corrected chi connectivity index (χ3v) is 4.08. The number of benzene rings is 2. The number of Topliss-reactive ketones (excluding diaryl/α,β-unsaturated/α-hetero) is 1. The summed E-state index contributed by atoms with van der Waals surface area (Å²) >= 11 is 0. The Kier molecular flexibility index (Phi) is 6.21. The number of aliphatic carboxylic acids is 1. The third kappa shape index (κ3) is 4.53. The molecular formula is C19H20N2O5. The van der Waals surface area contributed by atoms with Gasteiger partial charge in [-0.05, 0) is 29.2 Å². The van der Waals surface area contributed by atoms with Crippen LogP contribution >= 0.6 is 0 Å². The first kappa shape index (κ1) is 19.3. The molecule has 2 aromatic carbocycles. The van der Waals surface area contributed by atoms with Crippen LogP contribution in [-0.2, 0) is 16.2 Å². The van der Waals surface area contributed by atoms with E-state index >= 15 is 0 Å². The topological polar surface area (TPSA) is 144 Å². The molecule has 0 saturated heterocycles. The Morgan fingerprint density at radius 2 is 1.65 bits per heavy atom. The summed E-state index contributed by atoms with van der Waals surface area (Å²) in [6.07, 6.45) is -0.357. The highest BCUT2D eigenvalue weighted by Gasteiger charge is 2.30. The van der Waals surface area contributed by atoms with E-state index < -0.39 is 29.6 Å². The van der Waals surface area contributed by atoms with Crippen LogP contribution in [0.25, 0.3) is 11.1 Å². The van der Waals surface area contributed by atoms with E-state index in [1.165, 1.54) is 12.1 Å². The van der Waals surface area contributed by atoms with Crippen LogP contribution in [0.4, 0.5) is 0 Å². The molecule has 1 unspecified atom stereocenters. The van der Waals surface area contributed by atoms with Gasteiger partial charge in [-0.2, -0.15) is 0 Å². The number of rotatable bonds is 8. The van der Waals surface area contributed by atoms with Crippen LogP contribution in [-0.4, -0.2) is 33.9 Å². The van der Waals surface area contributed by atoms with Crippen LogP contribution in [0, 0.1) is 5.92 Å². The molecule has 7 nitrogen and oxygen atoms in total. The lowest BCUT2D eigenvalue weighted by Gasteiger charge is -2.15. The number of nitrogens with two attached hydrogens (primary N) is 2. The standard InChI is InChI=1S/C19H20N2O5/c20-16(18(21)24)9-15(19(25)26)17(23)13-6-4-12(5-7-13)14-3-1-2-11(8-14)10-22/h1-8,15-16,22H,9-10,20H2,(H2,21,24)(H,25,26)/t15?,16-/m0/s1. The number of aliphatic hydroxyl groups excluding tert-OH is 1. The first-order valence-corrected chi connectivity index (χ1v) is 7.95. The first-order valence-electron chi connectivity index (χ1n) is 7.95. The summed E-state index contributed by atoms with van der Waals surface area (Å²) in [4.78, 5) is 34.9. The molecule has 2 aromatic rings. The van der Waals surface area contributed by atoms with E-state index in [0.29, 0.717) is 0 Å². The Bertz CT molecular complexity index is 817. The Balaban J connectivity index is 2.23. The summed E-state index contributed by atoms with van der Waals surface area (Å²) in [5.74, 6) is -4.29. The van der Waals surface area contributed by atoms with Crippen molar-refractivity contribution >= 4 is 17.7 Å². The molecule has 7 heteroatoms. The molecular weight excluding hydrogens is 336 g/mol. The summed E-state index contributed by atoms with van der Waals surface area (Å²) in [7, 11) is 0. The van der Waals surface area contributed by atoms with Gasteiger partial charge < -0.3 is 21.7 Å². The maximum Gasteiger partial charge on any atom is 0.314 e. The van der Waals surface area contributed by atoms with Crippen molar-refractivity contribution in [2.75, 3.05) is 0 Å². The average Bonchev–Trinajstić information content (AvgIpc) is 2.65. The highest BCUT2D eigenvalue weighted by atomic mass is 16.4. The molecule has 136 valence electrons. The Labute approximate surface area is 150 Å². The summed E-state index contributed by atoms with van der Waals surface area (Å²) < 4.78 is 0. The van der Waals surface area contributed by atoms with Crippen molar-refractivity contribution < 1.29 is 24.6 Å². The van der Waals surface area contributed by atoms with E-state index in [2.05, 4.69) is 0 Å². The number of hydrogen-bond donors (Lipinski definition) is 4. The first-order chi connectivity index (χ1) is 12.3. The number of amides is 1. The Hall–Kier alpha value is -3.03. The molecule has 6 N–H and O–H groups in total. The number of carboxylic acid groups (broad SMARTS) is 1. The van der Waals surface area contributed by atoms with E-state index in [1.807, 2.05) is 18.2 Å². The zero-order valence-electron chi connectivity index (χ0n) is 14.0. The maximum atomic E-state index is 12.5. The third-order valence-electron chi connectivity index (χ3n) is 4.08. The largest absolute Gasteiger partial charge is 0.481 e. The minimum Gasteiger partial charge on any atom is -0.481 e. The second-order valence-corrected chi connectivity index (χ2v) is 5.94. The number of aliphatic hydroxyl groups is 1. The fourth-order valence-corrected chi connectivity index (χ4v) is 2.57. The van der Waals surface area contributed by atoms with Gasteiger partial charge in [-0.3, -0.25) is 14.4 Å². The predicted octanol–water partition coefficient (Wildman–Crippen LogP) is 0.932. The highest BCUT2D eigenvalue weighted by Crippen LogP contribution is 2.23. The van der Waals surface area contributed by atoms with Gasteiger partial charge in [0.05, 0.1) is 12.6 Å². The maximum absolute atomic E-state index is 12.5. The highest BCUT2D eigenvalue weighted by molar-refractivity contribution is 6.08. The molecule has 26 heavy (non-hydrogen) atoms. The molecule has 0 saturated carbocycles. The predicted molar refractivity (Wildman–Crippen MR) is 95.0 cm³/mol. The number of primary amides is 1. The lowest BCUT2D eigenvalue weighted by molar-refractivity contribution is -0.140. The fourth-order valence-electron chi connectivity index (χ4n) is 2.57. The van der Waals surface area contributed by atoms with Gasteiger partial charge in [0.2, 0.25) is 5.91 Å². The van der Waals surface area contributed by atoms with E-state index in [9.17, 15) is 24.6 Å². The number of ketones is 1. The SMILES string of the molecule is NC(=O)[C@@H](N)CC(C(=O)O)C(=O)c1ccc(-c2cccc(CO)c2)cc1. The summed E-state index contributed by atoms with van der Waals surface area (Å²) in [5, 5.41) is 18.5. The van der Waals surface area contributed by atoms with Crippen LogP contribution in [0.15, 0.2) is 48.5 Å². The number of hydrogen-bond acceptors (Lipinski definition) is 5. The van der Waals surface area contributed by atoms with Crippen LogP contribution < -0.4 is 11.5 Å². The van der Waals surface area contributed by atoms with Gasteiger partial charge in [0.25, 0.3) is 0 Å². The second-order valence-electron chi connectivity index (χ2n) is 5.94. The second kappa shape index (κ2) is 8.37. The zero-order chi connectivity index (χ0) is 19.3. The molecule has 0 radical (unpaired) electrons. The van der Waals surface area contributed by atoms with Gasteiger partial charge >= 0.3 is 5.97 Å². The fraction of sp³-hybridized carbons (Fsp3) is 0.211. The smallest absolute Gasteiger partial charge is 0.314 e. The summed E-state index contributed by atoms with van der Waals surface area (Å²) in [6.45, 7) is -0.0786. The van der Waals surface area contributed by atoms with E-state index in [-0.39, 0.29) is 18.6 Å². The average molecular weight is 356 g/mol. The van der Waals surface area contributed by atoms with Crippen molar-refractivity contribution in [3.05, 3.63) is 59.7 Å². The molecule has 0 spiro atoms. The molecule has 1 amide bonds. The molecule has 0 heterocycles. The van der Waals surface area contributed by atoms with Gasteiger partial charge in [0.15, 0.2) is 5.78 Å². The van der Waals surface area contributed by atoms with E-state index in [1.54, 1.807) is 18.2 Å². The normalized spacial score (nSPS) is 13.0. The molecule has 0 bridgehead atoms. The molecule has 0 fully saturated rings. The molecule has 0 aliphatic rings. The van der Waals surface area contributed by atoms with Crippen molar-refractivity contribution in [3.63, 3.8) is 0 Å². The lowest BCUT2D eigenvalue weighted by Crippen LogP contribution is -2.41. The van der Waals surface area contributed by atoms with Crippen LogP contribution in [0.3, 0.4) is 0 Å². The van der Waals surface area contributed by atoms with Crippen molar-refractivity contribution in [1.82, 2.24) is 0 Å². The van der Waals surface area contributed by atoms with Gasteiger partial charge in [-0.25, -0.2) is 0 Å². The van der Waals surface area contributed by atoms with Gasteiger partial charge in [0.1, 0.15) is 5.92 Å². The minimum absolute atomic E-state index is 0.0786. The lowest BCUT2D eigenvalue weighted by atomic mass is 9.90. The van der Waals surface area contributed by atoms with Crippen molar-refractivity contribution in [2.24, 2.45) is 17.4 Å². The zero-order valence-corrected chi connectivity index (χ0v) is 14.0. The van der Waals surface area contributed by atoms with E-state index in [4.69, 9.17) is 11.5 Å². The monoisotopic (exact) mass is 356 g/mol. The molecule has 2 rings (SSSR count). The summed E-state index contributed by atoms with van der Waals surface area (Å²) in [5.41, 5.74) is 13.2. The summed E-state index contributed by atoms with van der Waals surface area (Å²) in [6, 6.07) is 12.5. The van der Waals surface area contributed by atoms with Crippen molar-refractivity contribution in [2.45, 2.75) is 19.1 Å². The van der Waals surface area contributed by atoms with Gasteiger partial charge in [-0.15, -0.1) is 0 Å².